The Morgan fingerprint density at radius 1 is 0.381 bits per heavy atom. The summed E-state index contributed by atoms with van der Waals surface area (Å²) in [6.45, 7) is 38.2. The molecule has 0 aliphatic rings. The van der Waals surface area contributed by atoms with Crippen LogP contribution in [0, 0.1) is 11.3 Å². The van der Waals surface area contributed by atoms with Gasteiger partial charge in [-0.05, 0) is 122 Å². The van der Waals surface area contributed by atoms with Crippen molar-refractivity contribution in [3.63, 3.8) is 0 Å². The first-order valence-electron chi connectivity index (χ1n) is 29.6. The average molecular weight is 1230 g/mol. The third-order valence-electron chi connectivity index (χ3n) is 13.3. The van der Waals surface area contributed by atoms with E-state index in [1.54, 1.807) is 6.07 Å². The molecule has 0 N–H and O–H groups in total. The Balaban J connectivity index is 0.000000483. The van der Waals surface area contributed by atoms with Crippen LogP contribution < -0.4 is 0 Å². The molecular formula is C78H99Cl5O. The Bertz CT molecular complexity index is 2950. The number of ketones is 1. The van der Waals surface area contributed by atoms with E-state index < -0.39 is 0 Å². The molecule has 8 aromatic rings. The lowest BCUT2D eigenvalue weighted by molar-refractivity contribution is -0.125. The van der Waals surface area contributed by atoms with Crippen LogP contribution in [0.2, 0.25) is 25.1 Å². The Morgan fingerprint density at radius 2 is 0.762 bits per heavy atom. The van der Waals surface area contributed by atoms with Gasteiger partial charge < -0.3 is 0 Å². The van der Waals surface area contributed by atoms with E-state index in [4.69, 9.17) is 58.0 Å². The fraction of sp³-hybridized carbons (Fsp3) is 0.346. The van der Waals surface area contributed by atoms with Crippen molar-refractivity contribution in [1.82, 2.24) is 0 Å². The minimum atomic E-state index is -0.130. The van der Waals surface area contributed by atoms with E-state index in [1.165, 1.54) is 38.9 Å². The number of halogens is 5. The van der Waals surface area contributed by atoms with Gasteiger partial charge in [0.05, 0.1) is 0 Å². The van der Waals surface area contributed by atoms with Gasteiger partial charge in [0, 0.05) is 42.4 Å². The van der Waals surface area contributed by atoms with Gasteiger partial charge in [-0.25, -0.2) is 0 Å². The number of hydrogen-bond acceptors (Lipinski definition) is 1. The van der Waals surface area contributed by atoms with E-state index in [2.05, 4.69) is 243 Å². The SMILES string of the molecule is CC(C)(c1ccccc1)c1ccccc1.CC(C)/C=C/c1ccccc1.CC(C)c1ccc(Cl)cc1.CC(C)c1ccc(Cl)cc1Cl.CC(C)c1cccc(Cl)c1.CC(C)c1ccccc1.CC(C)c1ccccc1Cl.CCC(=O)C(C)(C)C. The molecular weight excluding hydrogens is 1130 g/mol. The van der Waals surface area contributed by atoms with E-state index in [0.717, 1.165) is 25.7 Å². The third kappa shape index (κ3) is 32.8. The maximum atomic E-state index is 10.8. The van der Waals surface area contributed by atoms with Gasteiger partial charge in [0.1, 0.15) is 5.78 Å². The lowest BCUT2D eigenvalue weighted by atomic mass is 9.78. The van der Waals surface area contributed by atoms with Crippen molar-refractivity contribution in [2.24, 2.45) is 11.3 Å². The molecule has 0 fully saturated rings. The molecule has 8 rings (SSSR count). The highest BCUT2D eigenvalue weighted by Gasteiger charge is 2.22. The summed E-state index contributed by atoms with van der Waals surface area (Å²) in [6, 6.07) is 71.7. The van der Waals surface area contributed by atoms with Gasteiger partial charge in [0.25, 0.3) is 0 Å². The van der Waals surface area contributed by atoms with Crippen molar-refractivity contribution >= 4 is 69.9 Å². The molecule has 0 aliphatic carbocycles. The van der Waals surface area contributed by atoms with Crippen LogP contribution in [0.25, 0.3) is 6.08 Å². The second kappa shape index (κ2) is 41.6. The molecule has 6 heteroatoms. The summed E-state index contributed by atoms with van der Waals surface area (Å²) in [5, 5.41) is 3.96. The molecule has 8 aromatic carbocycles. The molecule has 0 radical (unpaired) electrons. The van der Waals surface area contributed by atoms with Gasteiger partial charge in [-0.15, -0.1) is 0 Å². The normalized spacial score (nSPS) is 10.8. The van der Waals surface area contributed by atoms with Crippen molar-refractivity contribution in [2.45, 2.75) is 166 Å². The van der Waals surface area contributed by atoms with Gasteiger partial charge in [0.15, 0.2) is 0 Å². The number of benzene rings is 8. The molecule has 84 heavy (non-hydrogen) atoms. The second-order valence-electron chi connectivity index (χ2n) is 23.9. The van der Waals surface area contributed by atoms with Crippen molar-refractivity contribution in [2.75, 3.05) is 0 Å². The van der Waals surface area contributed by atoms with Gasteiger partial charge in [-0.2, -0.15) is 0 Å². The number of hydrogen-bond donors (Lipinski definition) is 0. The molecule has 0 atom stereocenters. The quantitative estimate of drug-likeness (QED) is 0.133. The summed E-state index contributed by atoms with van der Waals surface area (Å²) in [5.41, 5.74) is 10.4. The summed E-state index contributed by atoms with van der Waals surface area (Å²) in [6.07, 6.45) is 5.02. The Kier molecular flexibility index (Phi) is 38.0. The first kappa shape index (κ1) is 76.6. The zero-order chi connectivity index (χ0) is 63.4. The predicted molar refractivity (Wildman–Crippen MR) is 378 cm³/mol. The number of allylic oxidation sites excluding steroid dienone is 1. The van der Waals surface area contributed by atoms with Gasteiger partial charge >= 0.3 is 0 Å². The van der Waals surface area contributed by atoms with E-state index in [1.807, 2.05) is 100 Å². The van der Waals surface area contributed by atoms with E-state index in [0.29, 0.717) is 52.7 Å². The first-order valence-corrected chi connectivity index (χ1v) is 31.5. The standard InChI is InChI=1S/C15H16.C11H14.C9H10Cl2.3C9H11Cl.C9H12.C7H14O/c1-15(2,13-9-5-3-6-10-13)14-11-7-4-8-12-14;1-10(2)8-9-11-6-4-3-5-7-11;1-6(2)8-4-3-7(10)5-9(8)11;1-7(2)8-3-5-9(10)6-4-8;1-7(2)8-4-3-5-9(10)6-8;1-7(2)8-5-3-4-6-9(8)10;1-8(2)9-6-4-3-5-7-9;1-5-6(8)7(2,3)4/h3-12H,1-2H3;3-10H,1-2H3;3-6H,1-2H3;3*3-7H,1-2H3;3-8H,1-2H3;5H2,1-4H3/b;9-8+;;;;;;. The average Bonchev–Trinajstić information content (AvgIpc) is 3.67. The fourth-order valence-corrected chi connectivity index (χ4v) is 9.04. The Morgan fingerprint density at radius 3 is 1.11 bits per heavy atom. The second-order valence-corrected chi connectivity index (χ2v) is 26.0. The number of Topliss-reactive ketones (excluding diaryl/α,β-unsaturated/α-hetero) is 1. The fourth-order valence-electron chi connectivity index (χ4n) is 7.74. The van der Waals surface area contributed by atoms with Crippen LogP contribution in [0.4, 0.5) is 0 Å². The van der Waals surface area contributed by atoms with Crippen LogP contribution in [0.3, 0.4) is 0 Å². The van der Waals surface area contributed by atoms with Crippen molar-refractivity contribution in [3.8, 4) is 0 Å². The summed E-state index contributed by atoms with van der Waals surface area (Å²) in [7, 11) is 0. The minimum Gasteiger partial charge on any atom is -0.299 e. The molecule has 0 saturated carbocycles. The maximum Gasteiger partial charge on any atom is 0.137 e. The van der Waals surface area contributed by atoms with Crippen LogP contribution >= 0.6 is 58.0 Å². The lowest BCUT2D eigenvalue weighted by Crippen LogP contribution is -2.18. The predicted octanol–water partition coefficient (Wildman–Crippen LogP) is 26.7. The highest BCUT2D eigenvalue weighted by molar-refractivity contribution is 6.35. The molecule has 0 aromatic heterocycles. The Hall–Kier alpha value is -5.38. The summed E-state index contributed by atoms with van der Waals surface area (Å²) in [4.78, 5) is 10.8. The van der Waals surface area contributed by atoms with Crippen LogP contribution in [-0.4, -0.2) is 5.78 Å². The highest BCUT2D eigenvalue weighted by atomic mass is 35.5. The third-order valence-corrected chi connectivity index (χ3v) is 14.6. The molecule has 0 spiro atoms. The van der Waals surface area contributed by atoms with Crippen molar-refractivity contribution in [3.05, 3.63) is 288 Å². The topological polar surface area (TPSA) is 17.1 Å². The van der Waals surface area contributed by atoms with Crippen LogP contribution in [0.15, 0.2) is 218 Å². The molecule has 0 amide bonds. The van der Waals surface area contributed by atoms with Crippen molar-refractivity contribution in [1.29, 1.82) is 0 Å². The smallest absolute Gasteiger partial charge is 0.137 e. The molecule has 0 aliphatic heterocycles. The van der Waals surface area contributed by atoms with Crippen LogP contribution in [0.1, 0.15) is 205 Å². The molecule has 0 heterocycles. The zero-order valence-corrected chi connectivity index (χ0v) is 57.6. The van der Waals surface area contributed by atoms with Gasteiger partial charge in [0.2, 0.25) is 0 Å². The molecule has 0 unspecified atom stereocenters. The first-order chi connectivity index (χ1) is 39.5. The molecule has 452 valence electrons. The molecule has 0 saturated heterocycles. The molecule has 1 nitrogen and oxygen atoms in total. The summed E-state index contributed by atoms with van der Waals surface area (Å²) < 4.78 is 0. The Labute approximate surface area is 536 Å². The number of carbonyl (C=O) groups excluding carboxylic acids is 1. The van der Waals surface area contributed by atoms with Gasteiger partial charge in [-0.3, -0.25) is 4.79 Å². The van der Waals surface area contributed by atoms with E-state index in [9.17, 15) is 4.79 Å². The van der Waals surface area contributed by atoms with Gasteiger partial charge in [-0.1, -0.05) is 365 Å². The number of rotatable bonds is 10. The van der Waals surface area contributed by atoms with E-state index in [-0.39, 0.29) is 10.8 Å². The summed E-state index contributed by atoms with van der Waals surface area (Å²) in [5.74, 6) is 3.77. The monoisotopic (exact) mass is 1230 g/mol. The van der Waals surface area contributed by atoms with E-state index >= 15 is 0 Å². The number of carbonyl (C=O) groups is 1. The lowest BCUT2D eigenvalue weighted by Gasteiger charge is -2.25. The molecule has 0 bridgehead atoms. The highest BCUT2D eigenvalue weighted by Crippen LogP contribution is 2.31. The minimum absolute atomic E-state index is 0.0858. The largest absolute Gasteiger partial charge is 0.299 e. The summed E-state index contributed by atoms with van der Waals surface area (Å²) >= 11 is 29.1. The maximum absolute atomic E-state index is 10.8. The van der Waals surface area contributed by atoms with Crippen LogP contribution in [0.5, 0.6) is 0 Å². The zero-order valence-electron chi connectivity index (χ0n) is 53.8. The van der Waals surface area contributed by atoms with Crippen molar-refractivity contribution < 1.29 is 4.79 Å². The van der Waals surface area contributed by atoms with Crippen LogP contribution in [-0.2, 0) is 10.2 Å².